The van der Waals surface area contributed by atoms with Crippen molar-refractivity contribution in [1.29, 1.82) is 0 Å². The molecule has 20 heavy (non-hydrogen) atoms. The molecule has 2 aromatic rings. The van der Waals surface area contributed by atoms with Crippen LogP contribution in [0.2, 0.25) is 0 Å². The van der Waals surface area contributed by atoms with Gasteiger partial charge in [0.2, 0.25) is 0 Å². The van der Waals surface area contributed by atoms with Gasteiger partial charge in [-0.15, -0.1) is 10.2 Å². The average molecular weight is 295 g/mol. The van der Waals surface area contributed by atoms with Gasteiger partial charge in [-0.1, -0.05) is 0 Å². The van der Waals surface area contributed by atoms with Gasteiger partial charge in [-0.2, -0.15) is 0 Å². The standard InChI is InChI=1S/C10H9N5O4S/c1-14-5-11-13-10(14)20-8-7(15(17)18)4-3-6(12-8)9(16)19-2/h3-5H,1-2H3. The second kappa shape index (κ2) is 5.65. The Hall–Kier alpha value is -2.49. The minimum atomic E-state index is -0.667. The number of pyridine rings is 1. The van der Waals surface area contributed by atoms with Crippen molar-refractivity contribution in [2.45, 2.75) is 10.2 Å². The van der Waals surface area contributed by atoms with Crippen LogP contribution in [0.5, 0.6) is 0 Å². The summed E-state index contributed by atoms with van der Waals surface area (Å²) in [4.78, 5) is 25.8. The first-order valence-electron chi connectivity index (χ1n) is 5.28. The second-order valence-electron chi connectivity index (χ2n) is 3.60. The summed E-state index contributed by atoms with van der Waals surface area (Å²) in [5, 5.41) is 18.9. The zero-order valence-electron chi connectivity index (χ0n) is 10.5. The molecule has 2 rings (SSSR count). The fraction of sp³-hybridized carbons (Fsp3) is 0.200. The van der Waals surface area contributed by atoms with Crippen molar-refractivity contribution in [3.05, 3.63) is 34.3 Å². The summed E-state index contributed by atoms with van der Waals surface area (Å²) in [5.41, 5.74) is -0.228. The summed E-state index contributed by atoms with van der Waals surface area (Å²) < 4.78 is 6.12. The lowest BCUT2D eigenvalue weighted by molar-refractivity contribution is -0.388. The molecule has 10 heteroatoms. The quantitative estimate of drug-likeness (QED) is 0.467. The van der Waals surface area contributed by atoms with E-state index in [1.165, 1.54) is 25.6 Å². The summed E-state index contributed by atoms with van der Waals surface area (Å²) in [6.07, 6.45) is 1.46. The number of carbonyl (C=O) groups excluding carboxylic acids is 1. The van der Waals surface area contributed by atoms with Gasteiger partial charge in [0.1, 0.15) is 12.0 Å². The number of rotatable bonds is 4. The molecule has 0 radical (unpaired) electrons. The summed E-state index contributed by atoms with van der Waals surface area (Å²) in [6, 6.07) is 2.45. The third kappa shape index (κ3) is 2.74. The molecule has 0 spiro atoms. The Morgan fingerprint density at radius 2 is 2.25 bits per heavy atom. The monoisotopic (exact) mass is 295 g/mol. The summed E-state index contributed by atoms with van der Waals surface area (Å²) in [7, 11) is 2.90. The number of aryl methyl sites for hydroxylation is 1. The number of ether oxygens (including phenoxy) is 1. The van der Waals surface area contributed by atoms with Crippen LogP contribution in [0.3, 0.4) is 0 Å². The van der Waals surface area contributed by atoms with Crippen molar-refractivity contribution in [3.8, 4) is 0 Å². The third-order valence-corrected chi connectivity index (χ3v) is 3.34. The Bertz CT molecular complexity index is 671. The molecule has 2 heterocycles. The van der Waals surface area contributed by atoms with Gasteiger partial charge < -0.3 is 9.30 Å². The molecule has 0 saturated carbocycles. The first kappa shape index (κ1) is 13.9. The first-order valence-corrected chi connectivity index (χ1v) is 6.10. The number of hydrogen-bond acceptors (Lipinski definition) is 8. The van der Waals surface area contributed by atoms with Crippen LogP contribution in [0.15, 0.2) is 28.6 Å². The Kier molecular flexibility index (Phi) is 3.94. The van der Waals surface area contributed by atoms with Crippen LogP contribution in [0.25, 0.3) is 0 Å². The zero-order valence-corrected chi connectivity index (χ0v) is 11.3. The highest BCUT2D eigenvalue weighted by molar-refractivity contribution is 7.99. The van der Waals surface area contributed by atoms with Gasteiger partial charge >= 0.3 is 11.7 Å². The van der Waals surface area contributed by atoms with Gasteiger partial charge in [0.25, 0.3) is 0 Å². The van der Waals surface area contributed by atoms with Gasteiger partial charge in [-0.05, 0) is 17.8 Å². The topological polar surface area (TPSA) is 113 Å². The highest BCUT2D eigenvalue weighted by atomic mass is 32.2. The summed E-state index contributed by atoms with van der Waals surface area (Å²) in [5.74, 6) is -0.667. The van der Waals surface area contributed by atoms with Crippen LogP contribution < -0.4 is 0 Å². The zero-order chi connectivity index (χ0) is 14.7. The number of aromatic nitrogens is 4. The minimum Gasteiger partial charge on any atom is -0.464 e. The Labute approximate surface area is 117 Å². The second-order valence-corrected chi connectivity index (χ2v) is 4.55. The van der Waals surface area contributed by atoms with Crippen LogP contribution in [-0.4, -0.2) is 37.8 Å². The van der Waals surface area contributed by atoms with Crippen molar-refractivity contribution in [1.82, 2.24) is 19.7 Å². The molecule has 0 N–H and O–H groups in total. The fourth-order valence-electron chi connectivity index (χ4n) is 1.32. The van der Waals surface area contributed by atoms with Crippen molar-refractivity contribution in [3.63, 3.8) is 0 Å². The largest absolute Gasteiger partial charge is 0.464 e. The molecule has 0 amide bonds. The molecule has 0 saturated heterocycles. The summed E-state index contributed by atoms with van der Waals surface area (Å²) >= 11 is 0.947. The lowest BCUT2D eigenvalue weighted by atomic mass is 10.3. The normalized spacial score (nSPS) is 10.3. The van der Waals surface area contributed by atoms with E-state index in [9.17, 15) is 14.9 Å². The number of carbonyl (C=O) groups is 1. The molecule has 0 bridgehead atoms. The maximum absolute atomic E-state index is 11.4. The van der Waals surface area contributed by atoms with E-state index in [1.807, 2.05) is 0 Å². The molecular weight excluding hydrogens is 286 g/mol. The molecule has 9 nitrogen and oxygen atoms in total. The average Bonchev–Trinajstić information content (AvgIpc) is 2.83. The number of esters is 1. The van der Waals surface area contributed by atoms with Gasteiger partial charge in [0, 0.05) is 13.1 Å². The smallest absolute Gasteiger partial charge is 0.356 e. The highest BCUT2D eigenvalue weighted by Crippen LogP contribution is 2.31. The number of hydrogen-bond donors (Lipinski definition) is 0. The predicted octanol–water partition coefficient (Wildman–Crippen LogP) is 1.06. The molecule has 0 aliphatic heterocycles. The van der Waals surface area contributed by atoms with Crippen molar-refractivity contribution < 1.29 is 14.5 Å². The maximum Gasteiger partial charge on any atom is 0.356 e. The SMILES string of the molecule is COC(=O)c1ccc([N+](=O)[O-])c(Sc2nncn2C)n1. The molecule has 0 aromatic carbocycles. The fourth-order valence-corrected chi connectivity index (χ4v) is 2.16. The lowest BCUT2D eigenvalue weighted by Gasteiger charge is -2.03. The number of nitrogens with zero attached hydrogens (tertiary/aromatic N) is 5. The minimum absolute atomic E-state index is 0.0113. The van der Waals surface area contributed by atoms with E-state index < -0.39 is 10.9 Å². The molecule has 2 aromatic heterocycles. The van der Waals surface area contributed by atoms with E-state index in [0.717, 1.165) is 11.8 Å². The van der Waals surface area contributed by atoms with E-state index in [2.05, 4.69) is 19.9 Å². The van der Waals surface area contributed by atoms with Crippen LogP contribution in [0.1, 0.15) is 10.5 Å². The molecule has 0 aliphatic rings. The van der Waals surface area contributed by atoms with Crippen LogP contribution in [0.4, 0.5) is 5.69 Å². The molecule has 0 aliphatic carbocycles. The third-order valence-electron chi connectivity index (χ3n) is 2.29. The van der Waals surface area contributed by atoms with Gasteiger partial charge in [-0.3, -0.25) is 10.1 Å². The van der Waals surface area contributed by atoms with Gasteiger partial charge in [0.05, 0.1) is 12.0 Å². The van der Waals surface area contributed by atoms with Gasteiger partial charge in [0.15, 0.2) is 10.2 Å². The molecule has 104 valence electrons. The maximum atomic E-state index is 11.4. The first-order chi connectivity index (χ1) is 9.52. The molecule has 0 unspecified atom stereocenters. The van der Waals surface area contributed by atoms with Gasteiger partial charge in [-0.25, -0.2) is 9.78 Å². The number of methoxy groups -OCH3 is 1. The van der Waals surface area contributed by atoms with Crippen LogP contribution in [0, 0.1) is 10.1 Å². The Balaban J connectivity index is 2.44. The van der Waals surface area contributed by atoms with E-state index in [4.69, 9.17) is 0 Å². The molecule has 0 fully saturated rings. The van der Waals surface area contributed by atoms with Crippen LogP contribution in [-0.2, 0) is 11.8 Å². The van der Waals surface area contributed by atoms with E-state index in [0.29, 0.717) is 5.16 Å². The van der Waals surface area contributed by atoms with E-state index in [-0.39, 0.29) is 16.4 Å². The Morgan fingerprint density at radius 3 is 2.80 bits per heavy atom. The predicted molar refractivity (Wildman–Crippen MR) is 67.4 cm³/mol. The molecule has 0 atom stereocenters. The highest BCUT2D eigenvalue weighted by Gasteiger charge is 2.21. The van der Waals surface area contributed by atoms with Crippen molar-refractivity contribution in [2.75, 3.05) is 7.11 Å². The lowest BCUT2D eigenvalue weighted by Crippen LogP contribution is -2.06. The van der Waals surface area contributed by atoms with E-state index in [1.54, 1.807) is 11.6 Å². The van der Waals surface area contributed by atoms with Crippen LogP contribution >= 0.6 is 11.8 Å². The molecular formula is C10H9N5O4S. The van der Waals surface area contributed by atoms with Crippen molar-refractivity contribution in [2.24, 2.45) is 7.05 Å². The Morgan fingerprint density at radius 1 is 1.50 bits per heavy atom. The van der Waals surface area contributed by atoms with E-state index >= 15 is 0 Å². The van der Waals surface area contributed by atoms with Crippen molar-refractivity contribution >= 4 is 23.4 Å². The summed E-state index contributed by atoms with van der Waals surface area (Å²) in [6.45, 7) is 0. The number of nitro groups is 1.